The molecule has 1 aromatic carbocycles. The summed E-state index contributed by atoms with van der Waals surface area (Å²) in [6.07, 6.45) is 2.79. The van der Waals surface area contributed by atoms with Gasteiger partial charge >= 0.3 is 0 Å². The number of nitrogens with one attached hydrogen (secondary N) is 1. The van der Waals surface area contributed by atoms with E-state index in [1.165, 1.54) is 0 Å². The van der Waals surface area contributed by atoms with E-state index >= 15 is 0 Å². The Morgan fingerprint density at radius 3 is 2.62 bits per heavy atom. The highest BCUT2D eigenvalue weighted by molar-refractivity contribution is 7.91. The number of benzene rings is 1. The van der Waals surface area contributed by atoms with E-state index in [1.54, 1.807) is 12.1 Å². The van der Waals surface area contributed by atoms with Crippen molar-refractivity contribution in [2.45, 2.75) is 25.7 Å². The zero-order chi connectivity index (χ0) is 15.3. The van der Waals surface area contributed by atoms with Crippen LogP contribution in [0.1, 0.15) is 24.8 Å². The fraction of sp³-hybridized carbons (Fsp3) is 0.533. The number of hydrogen-bond acceptors (Lipinski definition) is 3. The molecule has 0 saturated carbocycles. The topological polar surface area (TPSA) is 63.2 Å². The number of amides is 1. The lowest BCUT2D eigenvalue weighted by atomic mass is 10.0. The summed E-state index contributed by atoms with van der Waals surface area (Å²) in [5, 5.41) is 3.53. The Labute approximate surface area is 130 Å². The van der Waals surface area contributed by atoms with Gasteiger partial charge in [0.2, 0.25) is 5.91 Å². The van der Waals surface area contributed by atoms with Crippen LogP contribution in [0.2, 0.25) is 5.02 Å². The van der Waals surface area contributed by atoms with Crippen LogP contribution < -0.4 is 5.32 Å². The molecule has 0 bridgehead atoms. The zero-order valence-electron chi connectivity index (χ0n) is 11.8. The Hall–Kier alpha value is -1.07. The molecule has 1 aromatic rings. The van der Waals surface area contributed by atoms with Crippen LogP contribution in [0.5, 0.6) is 0 Å². The van der Waals surface area contributed by atoms with Gasteiger partial charge in [0.05, 0.1) is 17.9 Å². The molecule has 1 N–H and O–H groups in total. The first-order chi connectivity index (χ1) is 9.94. The van der Waals surface area contributed by atoms with Crippen LogP contribution in [-0.2, 0) is 21.1 Å². The van der Waals surface area contributed by atoms with Crippen LogP contribution in [0.15, 0.2) is 24.3 Å². The van der Waals surface area contributed by atoms with E-state index in [0.717, 1.165) is 24.8 Å². The van der Waals surface area contributed by atoms with Gasteiger partial charge < -0.3 is 5.32 Å². The Morgan fingerprint density at radius 1 is 1.29 bits per heavy atom. The minimum Gasteiger partial charge on any atom is -0.356 e. The Bertz CT molecular complexity index is 583. The van der Waals surface area contributed by atoms with Gasteiger partial charge in [0.25, 0.3) is 0 Å². The molecule has 1 aliphatic rings. The maximum atomic E-state index is 11.8. The molecule has 0 spiro atoms. The van der Waals surface area contributed by atoms with Gasteiger partial charge in [-0.3, -0.25) is 4.79 Å². The van der Waals surface area contributed by atoms with Crippen molar-refractivity contribution in [3.63, 3.8) is 0 Å². The average molecular weight is 330 g/mol. The molecule has 1 aliphatic heterocycles. The highest BCUT2D eigenvalue weighted by atomic mass is 35.5. The Morgan fingerprint density at radius 2 is 2.00 bits per heavy atom. The first-order valence-corrected chi connectivity index (χ1v) is 9.36. The van der Waals surface area contributed by atoms with Crippen molar-refractivity contribution in [2.75, 3.05) is 18.1 Å². The van der Waals surface area contributed by atoms with Crippen molar-refractivity contribution < 1.29 is 13.2 Å². The lowest BCUT2D eigenvalue weighted by molar-refractivity contribution is -0.120. The molecule has 1 fully saturated rings. The summed E-state index contributed by atoms with van der Waals surface area (Å²) >= 11 is 5.79. The summed E-state index contributed by atoms with van der Waals surface area (Å²) in [5.41, 5.74) is 0.929. The van der Waals surface area contributed by atoms with Crippen molar-refractivity contribution in [3.8, 4) is 0 Å². The van der Waals surface area contributed by atoms with Gasteiger partial charge in [-0.15, -0.1) is 0 Å². The van der Waals surface area contributed by atoms with Crippen LogP contribution >= 0.6 is 11.6 Å². The van der Waals surface area contributed by atoms with E-state index in [2.05, 4.69) is 5.32 Å². The van der Waals surface area contributed by atoms with Crippen molar-refractivity contribution >= 4 is 27.3 Å². The van der Waals surface area contributed by atoms with Crippen molar-refractivity contribution in [1.29, 1.82) is 0 Å². The van der Waals surface area contributed by atoms with E-state index in [-0.39, 0.29) is 11.8 Å². The number of hydrogen-bond donors (Lipinski definition) is 1. The van der Waals surface area contributed by atoms with Gasteiger partial charge in [-0.25, -0.2) is 8.42 Å². The summed E-state index contributed by atoms with van der Waals surface area (Å²) in [7, 11) is -2.79. The van der Waals surface area contributed by atoms with E-state index in [4.69, 9.17) is 11.6 Å². The number of halogens is 1. The van der Waals surface area contributed by atoms with Gasteiger partial charge in [0, 0.05) is 11.6 Å². The van der Waals surface area contributed by atoms with Gasteiger partial charge in [-0.1, -0.05) is 23.7 Å². The minimum atomic E-state index is -2.79. The highest BCUT2D eigenvalue weighted by Gasteiger charge is 2.27. The number of carbonyl (C=O) groups is 1. The van der Waals surface area contributed by atoms with Crippen molar-refractivity contribution in [1.82, 2.24) is 5.32 Å². The normalized spacial score (nSPS) is 20.3. The molecule has 4 nitrogen and oxygen atoms in total. The van der Waals surface area contributed by atoms with E-state index in [1.807, 2.05) is 12.1 Å². The second-order valence-electron chi connectivity index (χ2n) is 5.56. The number of rotatable bonds is 6. The molecule has 1 atom stereocenters. The van der Waals surface area contributed by atoms with Gasteiger partial charge in [0.15, 0.2) is 9.84 Å². The van der Waals surface area contributed by atoms with Crippen LogP contribution in [0.3, 0.4) is 0 Å². The highest BCUT2D eigenvalue weighted by Crippen LogP contribution is 2.22. The third-order valence-corrected chi connectivity index (χ3v) is 5.80. The van der Waals surface area contributed by atoms with E-state index in [0.29, 0.717) is 29.5 Å². The molecule has 1 unspecified atom stereocenters. The molecule has 2 rings (SSSR count). The summed E-state index contributed by atoms with van der Waals surface area (Å²) in [5.74, 6) is 0.881. The molecule has 6 heteroatoms. The maximum absolute atomic E-state index is 11.8. The number of carbonyl (C=O) groups excluding carboxylic acids is 1. The fourth-order valence-electron chi connectivity index (χ4n) is 2.57. The van der Waals surface area contributed by atoms with Crippen molar-refractivity contribution in [3.05, 3.63) is 34.9 Å². The SMILES string of the molecule is O=C(Cc1ccc(Cl)cc1)NCCCC1CCS(=O)(=O)C1. The quantitative estimate of drug-likeness (QED) is 0.814. The Kier molecular flexibility index (Phi) is 5.65. The van der Waals surface area contributed by atoms with Crippen LogP contribution in [0, 0.1) is 5.92 Å². The summed E-state index contributed by atoms with van der Waals surface area (Å²) in [6.45, 7) is 0.600. The lowest BCUT2D eigenvalue weighted by Crippen LogP contribution is -2.26. The Balaban J connectivity index is 1.62. The molecular weight excluding hydrogens is 310 g/mol. The molecule has 0 aromatic heterocycles. The third-order valence-electron chi connectivity index (χ3n) is 3.72. The smallest absolute Gasteiger partial charge is 0.224 e. The lowest BCUT2D eigenvalue weighted by Gasteiger charge is -2.08. The predicted octanol–water partition coefficient (Wildman–Crippen LogP) is 2.21. The van der Waals surface area contributed by atoms with Crippen molar-refractivity contribution in [2.24, 2.45) is 5.92 Å². The molecule has 1 heterocycles. The minimum absolute atomic E-state index is 0.0173. The number of sulfone groups is 1. The average Bonchev–Trinajstić information content (AvgIpc) is 2.77. The fourth-order valence-corrected chi connectivity index (χ4v) is 4.61. The van der Waals surface area contributed by atoms with E-state index in [9.17, 15) is 13.2 Å². The van der Waals surface area contributed by atoms with Gasteiger partial charge in [-0.2, -0.15) is 0 Å². The third kappa shape index (κ3) is 5.67. The second-order valence-corrected chi connectivity index (χ2v) is 8.23. The van der Waals surface area contributed by atoms with E-state index < -0.39 is 9.84 Å². The second kappa shape index (κ2) is 7.27. The largest absolute Gasteiger partial charge is 0.356 e. The first kappa shape index (κ1) is 16.3. The molecule has 116 valence electrons. The molecule has 21 heavy (non-hydrogen) atoms. The molecule has 0 aliphatic carbocycles. The summed E-state index contributed by atoms with van der Waals surface area (Å²) < 4.78 is 22.7. The zero-order valence-corrected chi connectivity index (χ0v) is 13.4. The molecule has 0 radical (unpaired) electrons. The van der Waals surface area contributed by atoms with Crippen LogP contribution in [-0.4, -0.2) is 32.4 Å². The molecule has 1 saturated heterocycles. The predicted molar refractivity (Wildman–Crippen MR) is 84.2 cm³/mol. The molecular formula is C15H20ClNO3S. The van der Waals surface area contributed by atoms with Crippen LogP contribution in [0.25, 0.3) is 0 Å². The standard InChI is InChI=1S/C15H20ClNO3S/c16-14-5-3-12(4-6-14)10-15(18)17-8-1-2-13-7-9-21(19,20)11-13/h3-6,13H,1-2,7-11H2,(H,17,18). The maximum Gasteiger partial charge on any atom is 0.224 e. The van der Waals surface area contributed by atoms with Gasteiger partial charge in [-0.05, 0) is 42.9 Å². The van der Waals surface area contributed by atoms with Crippen LogP contribution in [0.4, 0.5) is 0 Å². The van der Waals surface area contributed by atoms with Gasteiger partial charge in [0.1, 0.15) is 0 Å². The first-order valence-electron chi connectivity index (χ1n) is 7.16. The summed E-state index contributed by atoms with van der Waals surface area (Å²) in [4.78, 5) is 11.8. The summed E-state index contributed by atoms with van der Waals surface area (Å²) in [6, 6.07) is 7.21. The molecule has 1 amide bonds. The monoisotopic (exact) mass is 329 g/mol.